The Bertz CT molecular complexity index is 1100. The predicted molar refractivity (Wildman–Crippen MR) is 131 cm³/mol. The van der Waals surface area contributed by atoms with E-state index in [-0.39, 0.29) is 24.4 Å². The van der Waals surface area contributed by atoms with Gasteiger partial charge in [0.15, 0.2) is 11.4 Å². The van der Waals surface area contributed by atoms with Gasteiger partial charge in [-0.25, -0.2) is 0 Å². The van der Waals surface area contributed by atoms with Crippen molar-refractivity contribution in [1.82, 2.24) is 4.90 Å². The monoisotopic (exact) mass is 485 g/mol. The van der Waals surface area contributed by atoms with Gasteiger partial charge in [-0.15, -0.1) is 0 Å². The maximum absolute atomic E-state index is 13.4. The van der Waals surface area contributed by atoms with Gasteiger partial charge in [-0.2, -0.15) is 0 Å². The highest BCUT2D eigenvalue weighted by molar-refractivity contribution is 6.31. The molecule has 34 heavy (non-hydrogen) atoms. The predicted octanol–water partition coefficient (Wildman–Crippen LogP) is 4.80. The van der Waals surface area contributed by atoms with Crippen LogP contribution in [-0.2, 0) is 22.4 Å². The molecule has 0 saturated carbocycles. The molecule has 0 radical (unpaired) electrons. The number of carbonyl (C=O) groups excluding carboxylic acids is 2. The highest BCUT2D eigenvalue weighted by Crippen LogP contribution is 2.35. The molecule has 1 unspecified atom stereocenters. The number of hydrogen-bond acceptors (Lipinski definition) is 5. The third-order valence-electron chi connectivity index (χ3n) is 6.53. The minimum atomic E-state index is -1.01. The van der Waals surface area contributed by atoms with Crippen LogP contribution in [0.3, 0.4) is 0 Å². The molecule has 1 heterocycles. The van der Waals surface area contributed by atoms with Crippen molar-refractivity contribution in [2.24, 2.45) is 0 Å². The number of amides is 1. The maximum Gasteiger partial charge on any atom is 0.266 e. The number of fused-ring (bicyclic) bond motifs is 1. The number of carbonyl (C=O) groups is 2. The lowest BCUT2D eigenvalue weighted by Gasteiger charge is -2.37. The van der Waals surface area contributed by atoms with Gasteiger partial charge in [0.25, 0.3) is 5.91 Å². The minimum Gasteiger partial charge on any atom is -0.490 e. The molecule has 182 valence electrons. The topological polar surface area (TPSA) is 65.1 Å². The van der Waals surface area contributed by atoms with Crippen LogP contribution in [0.15, 0.2) is 30.3 Å². The quantitative estimate of drug-likeness (QED) is 0.527. The summed E-state index contributed by atoms with van der Waals surface area (Å²) < 4.78 is 18.0. The van der Waals surface area contributed by atoms with Crippen LogP contribution in [-0.4, -0.2) is 54.6 Å². The number of ketones is 1. The summed E-state index contributed by atoms with van der Waals surface area (Å²) in [5.74, 6) is 1.06. The summed E-state index contributed by atoms with van der Waals surface area (Å²) in [7, 11) is 0. The minimum absolute atomic E-state index is 0.0796. The molecular weight excluding hydrogens is 454 g/mol. The summed E-state index contributed by atoms with van der Waals surface area (Å²) in [5.41, 5.74) is 3.30. The first-order valence-electron chi connectivity index (χ1n) is 11.8. The fraction of sp³-hybridized carbons (Fsp3) is 0.481. The summed E-state index contributed by atoms with van der Waals surface area (Å²) in [6, 6.07) is 9.03. The third-order valence-corrected chi connectivity index (χ3v) is 6.76. The highest BCUT2D eigenvalue weighted by atomic mass is 35.5. The lowest BCUT2D eigenvalue weighted by molar-refractivity contribution is -0.153. The summed E-state index contributed by atoms with van der Waals surface area (Å²) in [4.78, 5) is 27.1. The van der Waals surface area contributed by atoms with Crippen LogP contribution in [0.4, 0.5) is 0 Å². The van der Waals surface area contributed by atoms with E-state index in [2.05, 4.69) is 13.0 Å². The Morgan fingerprint density at radius 1 is 1.15 bits per heavy atom. The number of ether oxygens (including phenoxy) is 3. The molecule has 2 aliphatic rings. The van der Waals surface area contributed by atoms with Crippen LogP contribution >= 0.6 is 11.6 Å². The highest BCUT2D eigenvalue weighted by Gasteiger charge is 2.38. The van der Waals surface area contributed by atoms with Crippen LogP contribution in [0, 0.1) is 6.92 Å². The Balaban J connectivity index is 1.40. The Morgan fingerprint density at radius 3 is 2.65 bits per heavy atom. The molecule has 1 fully saturated rings. The second-order valence-electron chi connectivity index (χ2n) is 9.56. The van der Waals surface area contributed by atoms with E-state index in [1.54, 1.807) is 23.1 Å². The molecule has 2 aromatic rings. The molecule has 0 aromatic heterocycles. The van der Waals surface area contributed by atoms with Crippen molar-refractivity contribution >= 4 is 23.3 Å². The van der Waals surface area contributed by atoms with Crippen molar-refractivity contribution in [3.05, 3.63) is 57.6 Å². The average molecular weight is 486 g/mol. The molecule has 7 heteroatoms. The van der Waals surface area contributed by atoms with E-state index in [0.717, 1.165) is 25.0 Å². The fourth-order valence-electron chi connectivity index (χ4n) is 4.74. The van der Waals surface area contributed by atoms with E-state index in [1.807, 2.05) is 19.9 Å². The van der Waals surface area contributed by atoms with Crippen molar-refractivity contribution in [3.63, 3.8) is 0 Å². The van der Waals surface area contributed by atoms with Gasteiger partial charge >= 0.3 is 0 Å². The largest absolute Gasteiger partial charge is 0.490 e. The summed E-state index contributed by atoms with van der Waals surface area (Å²) >= 11 is 6.01. The molecule has 1 saturated heterocycles. The Hall–Kier alpha value is -2.57. The number of morpholine rings is 1. The van der Waals surface area contributed by atoms with Crippen LogP contribution in [0.1, 0.15) is 54.2 Å². The van der Waals surface area contributed by atoms with Gasteiger partial charge in [-0.05, 0) is 87.9 Å². The zero-order valence-corrected chi connectivity index (χ0v) is 21.0. The van der Waals surface area contributed by atoms with E-state index in [9.17, 15) is 9.59 Å². The van der Waals surface area contributed by atoms with Crippen LogP contribution in [0.5, 0.6) is 11.5 Å². The number of halogens is 1. The molecule has 0 N–H and O–H groups in total. The van der Waals surface area contributed by atoms with E-state index in [1.165, 1.54) is 23.6 Å². The molecule has 1 atom stereocenters. The third kappa shape index (κ3) is 5.23. The average Bonchev–Trinajstić information content (AvgIpc) is 3.31. The molecule has 1 amide bonds. The van der Waals surface area contributed by atoms with Crippen LogP contribution in [0.2, 0.25) is 5.02 Å². The zero-order valence-electron chi connectivity index (χ0n) is 20.3. The van der Waals surface area contributed by atoms with Gasteiger partial charge in [0.2, 0.25) is 0 Å². The fourth-order valence-corrected chi connectivity index (χ4v) is 4.91. The smallest absolute Gasteiger partial charge is 0.266 e. The summed E-state index contributed by atoms with van der Waals surface area (Å²) in [6.07, 6.45) is 2.86. The Kier molecular flexibility index (Phi) is 7.20. The molecule has 2 aromatic carbocycles. The first kappa shape index (κ1) is 24.6. The maximum atomic E-state index is 13.4. The number of nitrogens with zero attached hydrogens (tertiary/aromatic N) is 1. The van der Waals surface area contributed by atoms with E-state index in [0.29, 0.717) is 36.0 Å². The lowest BCUT2D eigenvalue weighted by Crippen LogP contribution is -2.55. The number of benzene rings is 2. The van der Waals surface area contributed by atoms with Gasteiger partial charge in [-0.1, -0.05) is 17.7 Å². The van der Waals surface area contributed by atoms with Crippen molar-refractivity contribution in [1.29, 1.82) is 0 Å². The second-order valence-corrected chi connectivity index (χ2v) is 9.99. The first-order valence-corrected chi connectivity index (χ1v) is 12.2. The van der Waals surface area contributed by atoms with Crippen molar-refractivity contribution in [2.75, 3.05) is 26.3 Å². The molecule has 0 bridgehead atoms. The number of Topliss-reactive ketones (excluding diaryl/α,β-unsaturated/α-hetero) is 1. The van der Waals surface area contributed by atoms with E-state index >= 15 is 0 Å². The number of aryl methyl sites for hydroxylation is 1. The van der Waals surface area contributed by atoms with Gasteiger partial charge < -0.3 is 19.1 Å². The first-order chi connectivity index (χ1) is 16.2. The number of rotatable bonds is 7. The molecule has 4 rings (SSSR count). The van der Waals surface area contributed by atoms with Gasteiger partial charge in [0, 0.05) is 11.6 Å². The molecule has 6 nitrogen and oxygen atoms in total. The summed E-state index contributed by atoms with van der Waals surface area (Å²) in [6.45, 7) is 8.77. The van der Waals surface area contributed by atoms with Crippen molar-refractivity contribution in [2.45, 2.75) is 58.7 Å². The molecular formula is C27H32ClNO5. The van der Waals surface area contributed by atoms with Crippen molar-refractivity contribution in [3.8, 4) is 11.5 Å². The SMILES string of the molecule is CC(=O)c1cc(Cl)ccc1OCC1CN(C(=O)C(C)(C)Oc2ccc(C)c3c2CCC3)CCO1. The zero-order chi connectivity index (χ0) is 24.5. The van der Waals surface area contributed by atoms with E-state index in [4.69, 9.17) is 25.8 Å². The Labute approximate surface area is 206 Å². The van der Waals surface area contributed by atoms with Crippen molar-refractivity contribution < 1.29 is 23.8 Å². The number of hydrogen-bond donors (Lipinski definition) is 0. The van der Waals surface area contributed by atoms with Crippen LogP contribution < -0.4 is 9.47 Å². The van der Waals surface area contributed by atoms with E-state index < -0.39 is 5.60 Å². The molecule has 0 spiro atoms. The normalized spacial score (nSPS) is 17.9. The molecule has 1 aliphatic carbocycles. The lowest BCUT2D eigenvalue weighted by atomic mass is 10.0. The Morgan fingerprint density at radius 2 is 1.88 bits per heavy atom. The summed E-state index contributed by atoms with van der Waals surface area (Å²) in [5, 5.41) is 0.477. The van der Waals surface area contributed by atoms with Gasteiger partial charge in [-0.3, -0.25) is 9.59 Å². The second kappa shape index (κ2) is 9.96. The molecule has 1 aliphatic heterocycles. The van der Waals surface area contributed by atoms with Gasteiger partial charge in [0.05, 0.1) is 18.7 Å². The van der Waals surface area contributed by atoms with Crippen LogP contribution in [0.25, 0.3) is 0 Å². The van der Waals surface area contributed by atoms with Gasteiger partial charge in [0.1, 0.15) is 24.2 Å². The standard InChI is InChI=1S/C27H32ClNO5/c1-17-8-10-25(22-7-5-6-21(17)22)34-27(3,4)26(31)29-12-13-32-20(15-29)16-33-24-11-9-19(28)14-23(24)18(2)30/h8-11,14,20H,5-7,12-13,15-16H2,1-4H3.